The van der Waals surface area contributed by atoms with Crippen LogP contribution in [0.3, 0.4) is 0 Å². The number of carbonyl (C=O) groups is 2. The van der Waals surface area contributed by atoms with Crippen molar-refractivity contribution in [3.8, 4) is 11.4 Å². The minimum atomic E-state index is -0.421. The van der Waals surface area contributed by atoms with Crippen molar-refractivity contribution in [1.29, 1.82) is 0 Å². The lowest BCUT2D eigenvalue weighted by Gasteiger charge is -2.38. The molecule has 7 nitrogen and oxygen atoms in total. The number of para-hydroxylation sites is 2. The van der Waals surface area contributed by atoms with E-state index in [0.29, 0.717) is 5.76 Å². The van der Waals surface area contributed by atoms with Gasteiger partial charge in [-0.05, 0) is 66.9 Å². The molecule has 182 valence electrons. The quantitative estimate of drug-likeness (QED) is 0.382. The van der Waals surface area contributed by atoms with E-state index in [1.165, 1.54) is 0 Å². The molecule has 2 aliphatic rings. The lowest BCUT2D eigenvalue weighted by atomic mass is 10.0. The summed E-state index contributed by atoms with van der Waals surface area (Å²) in [5.74, 6) is 1.25. The summed E-state index contributed by atoms with van der Waals surface area (Å²) in [5.41, 5.74) is 3.56. The molecule has 7 heteroatoms. The van der Waals surface area contributed by atoms with E-state index in [-0.39, 0.29) is 30.8 Å². The third-order valence-electron chi connectivity index (χ3n) is 6.93. The van der Waals surface area contributed by atoms with Gasteiger partial charge < -0.3 is 18.6 Å². The van der Waals surface area contributed by atoms with Crippen LogP contribution in [-0.2, 0) is 16.0 Å². The SMILES string of the molecule is COc1ccc(CC(=O)N(CC(=O)N2c3ccccc3-n3cccc3C2c2ccco2)C2CC2)cc1. The number of carbonyl (C=O) groups excluding carboxylic acids is 2. The molecule has 1 saturated carbocycles. The topological polar surface area (TPSA) is 67.9 Å². The van der Waals surface area contributed by atoms with Gasteiger partial charge in [0.2, 0.25) is 11.8 Å². The van der Waals surface area contributed by atoms with Crippen LogP contribution in [0.4, 0.5) is 5.69 Å². The first-order valence-electron chi connectivity index (χ1n) is 12.2. The van der Waals surface area contributed by atoms with E-state index in [1.807, 2.05) is 79.0 Å². The number of hydrogen-bond acceptors (Lipinski definition) is 4. The molecule has 3 heterocycles. The fraction of sp³-hybridized carbons (Fsp3) is 0.241. The maximum atomic E-state index is 14.0. The lowest BCUT2D eigenvalue weighted by Crippen LogP contribution is -2.47. The van der Waals surface area contributed by atoms with Crippen molar-refractivity contribution in [2.75, 3.05) is 18.6 Å². The Morgan fingerprint density at radius 2 is 1.75 bits per heavy atom. The molecule has 2 amide bonds. The van der Waals surface area contributed by atoms with E-state index in [4.69, 9.17) is 9.15 Å². The molecule has 1 unspecified atom stereocenters. The van der Waals surface area contributed by atoms with Gasteiger partial charge in [-0.1, -0.05) is 24.3 Å². The third-order valence-corrected chi connectivity index (χ3v) is 6.93. The van der Waals surface area contributed by atoms with E-state index in [0.717, 1.165) is 41.2 Å². The Bertz CT molecular complexity index is 1390. The van der Waals surface area contributed by atoms with Crippen LogP contribution in [0, 0.1) is 0 Å². The summed E-state index contributed by atoms with van der Waals surface area (Å²) in [6.07, 6.45) is 5.71. The van der Waals surface area contributed by atoms with Gasteiger partial charge in [0.15, 0.2) is 0 Å². The highest BCUT2D eigenvalue weighted by Crippen LogP contribution is 2.42. The first kappa shape index (κ1) is 22.2. The van der Waals surface area contributed by atoms with Crippen LogP contribution in [0.25, 0.3) is 5.69 Å². The third kappa shape index (κ3) is 3.96. The molecule has 0 saturated heterocycles. The average molecular weight is 482 g/mol. The second-order valence-electron chi connectivity index (χ2n) is 9.25. The van der Waals surface area contributed by atoms with Gasteiger partial charge in [-0.3, -0.25) is 14.5 Å². The molecule has 1 aliphatic carbocycles. The Labute approximate surface area is 209 Å². The summed E-state index contributed by atoms with van der Waals surface area (Å²) in [5, 5.41) is 0. The average Bonchev–Trinajstić information content (AvgIpc) is 3.37. The summed E-state index contributed by atoms with van der Waals surface area (Å²) < 4.78 is 13.1. The number of rotatable bonds is 7. The number of furan rings is 1. The molecule has 1 atom stereocenters. The molecule has 6 rings (SSSR count). The van der Waals surface area contributed by atoms with Gasteiger partial charge in [0.25, 0.3) is 0 Å². The van der Waals surface area contributed by atoms with E-state index in [2.05, 4.69) is 4.57 Å². The number of amides is 2. The van der Waals surface area contributed by atoms with Gasteiger partial charge in [-0.2, -0.15) is 0 Å². The number of methoxy groups -OCH3 is 1. The van der Waals surface area contributed by atoms with Crippen LogP contribution < -0.4 is 9.64 Å². The van der Waals surface area contributed by atoms with Crippen molar-refractivity contribution < 1.29 is 18.7 Å². The van der Waals surface area contributed by atoms with Crippen molar-refractivity contribution in [3.63, 3.8) is 0 Å². The zero-order chi connectivity index (χ0) is 24.6. The minimum Gasteiger partial charge on any atom is -0.497 e. The fourth-order valence-electron chi connectivity index (χ4n) is 5.03. The number of nitrogens with zero attached hydrogens (tertiary/aromatic N) is 3. The van der Waals surface area contributed by atoms with E-state index in [9.17, 15) is 9.59 Å². The summed E-state index contributed by atoms with van der Waals surface area (Å²) in [6.45, 7) is 0.0197. The van der Waals surface area contributed by atoms with Crippen LogP contribution in [0.15, 0.2) is 89.7 Å². The number of hydrogen-bond donors (Lipinski definition) is 0. The number of ether oxygens (including phenoxy) is 1. The number of fused-ring (bicyclic) bond motifs is 3. The van der Waals surface area contributed by atoms with Crippen LogP contribution in [0.2, 0.25) is 0 Å². The molecule has 4 aromatic rings. The summed E-state index contributed by atoms with van der Waals surface area (Å²) >= 11 is 0. The predicted molar refractivity (Wildman–Crippen MR) is 135 cm³/mol. The molecule has 0 radical (unpaired) electrons. The highest BCUT2D eigenvalue weighted by molar-refractivity contribution is 6.00. The first-order valence-corrected chi connectivity index (χ1v) is 12.2. The summed E-state index contributed by atoms with van der Waals surface area (Å²) in [7, 11) is 1.62. The van der Waals surface area contributed by atoms with Gasteiger partial charge in [0.05, 0.1) is 36.9 Å². The molecular formula is C29H27N3O4. The van der Waals surface area contributed by atoms with Crippen molar-refractivity contribution in [1.82, 2.24) is 9.47 Å². The Kier molecular flexibility index (Phi) is 5.60. The van der Waals surface area contributed by atoms with E-state index in [1.54, 1.807) is 23.2 Å². The van der Waals surface area contributed by atoms with Crippen molar-refractivity contribution >= 4 is 17.5 Å². The number of anilines is 1. The van der Waals surface area contributed by atoms with Crippen LogP contribution in [0.1, 0.15) is 35.9 Å². The zero-order valence-corrected chi connectivity index (χ0v) is 20.0. The molecule has 0 spiro atoms. The largest absolute Gasteiger partial charge is 0.497 e. The lowest BCUT2D eigenvalue weighted by molar-refractivity contribution is -0.135. The summed E-state index contributed by atoms with van der Waals surface area (Å²) in [6, 6.07) is 22.7. The van der Waals surface area contributed by atoms with Crippen LogP contribution in [0.5, 0.6) is 5.75 Å². The number of benzene rings is 2. The molecule has 2 aromatic carbocycles. The van der Waals surface area contributed by atoms with Crippen molar-refractivity contribution in [2.45, 2.75) is 31.3 Å². The number of aromatic nitrogens is 1. The monoisotopic (exact) mass is 481 g/mol. The molecule has 0 N–H and O–H groups in total. The second-order valence-corrected chi connectivity index (χ2v) is 9.25. The van der Waals surface area contributed by atoms with Gasteiger partial charge in [-0.25, -0.2) is 0 Å². The Morgan fingerprint density at radius 1 is 0.972 bits per heavy atom. The minimum absolute atomic E-state index is 0.0197. The predicted octanol–water partition coefficient (Wildman–Crippen LogP) is 4.75. The van der Waals surface area contributed by atoms with Crippen LogP contribution in [-0.4, -0.2) is 41.0 Å². The molecule has 1 aliphatic heterocycles. The highest BCUT2D eigenvalue weighted by Gasteiger charge is 2.40. The van der Waals surface area contributed by atoms with E-state index < -0.39 is 6.04 Å². The van der Waals surface area contributed by atoms with Gasteiger partial charge >= 0.3 is 0 Å². The molecule has 1 fully saturated rings. The molecular weight excluding hydrogens is 454 g/mol. The highest BCUT2D eigenvalue weighted by atomic mass is 16.5. The Hall–Kier alpha value is -4.26. The maximum absolute atomic E-state index is 14.0. The summed E-state index contributed by atoms with van der Waals surface area (Å²) in [4.78, 5) is 31.0. The standard InChI is InChI=1S/C29H27N3O4/c1-35-22-14-10-20(11-15-22)18-27(33)31(21-12-13-21)19-28(34)32-24-7-3-2-6-23(24)30-16-4-8-25(30)29(32)26-9-5-17-36-26/h2-11,14-17,21,29H,12-13,18-19H2,1H3. The van der Waals surface area contributed by atoms with Crippen molar-refractivity contribution in [3.05, 3.63) is 102 Å². The molecule has 36 heavy (non-hydrogen) atoms. The second kappa shape index (κ2) is 9.07. The molecule has 0 bridgehead atoms. The smallest absolute Gasteiger partial charge is 0.247 e. The van der Waals surface area contributed by atoms with Crippen LogP contribution >= 0.6 is 0 Å². The molecule has 2 aromatic heterocycles. The maximum Gasteiger partial charge on any atom is 0.247 e. The fourth-order valence-corrected chi connectivity index (χ4v) is 5.03. The zero-order valence-electron chi connectivity index (χ0n) is 20.0. The Morgan fingerprint density at radius 3 is 2.44 bits per heavy atom. The van der Waals surface area contributed by atoms with E-state index >= 15 is 0 Å². The van der Waals surface area contributed by atoms with Crippen molar-refractivity contribution in [2.24, 2.45) is 0 Å². The van der Waals surface area contributed by atoms with Gasteiger partial charge in [0.1, 0.15) is 24.1 Å². The van der Waals surface area contributed by atoms with Gasteiger partial charge in [0, 0.05) is 12.2 Å². The first-order chi connectivity index (χ1) is 17.6. The Balaban J connectivity index is 1.31. The normalized spacial score (nSPS) is 16.2. The van der Waals surface area contributed by atoms with Gasteiger partial charge in [-0.15, -0.1) is 0 Å².